The first-order chi connectivity index (χ1) is 8.81. The first-order valence-electron chi connectivity index (χ1n) is 6.58. The predicted molar refractivity (Wildman–Crippen MR) is 73.4 cm³/mol. The summed E-state index contributed by atoms with van der Waals surface area (Å²) < 4.78 is 11.1. The lowest BCUT2D eigenvalue weighted by Crippen LogP contribution is -2.31. The molecule has 0 aliphatic rings. The van der Waals surface area contributed by atoms with Crippen LogP contribution in [0.3, 0.4) is 0 Å². The number of rotatable bonds is 9. The molecule has 0 spiro atoms. The Balaban J connectivity index is 2.52. The van der Waals surface area contributed by atoms with Gasteiger partial charge >= 0.3 is 0 Å². The zero-order valence-electron chi connectivity index (χ0n) is 11.3. The minimum atomic E-state index is 0.0248. The van der Waals surface area contributed by atoms with Crippen molar-refractivity contribution in [3.63, 3.8) is 0 Å². The van der Waals surface area contributed by atoms with Crippen molar-refractivity contribution in [3.05, 3.63) is 29.8 Å². The second kappa shape index (κ2) is 8.91. The number of hydrogen-bond donors (Lipinski definition) is 2. The average molecular weight is 252 g/mol. The van der Waals surface area contributed by atoms with Crippen molar-refractivity contribution in [1.82, 2.24) is 5.43 Å². The minimum Gasteiger partial charge on any atom is -0.494 e. The molecule has 0 aromatic heterocycles. The third kappa shape index (κ3) is 5.04. The number of benzene rings is 1. The molecule has 1 rings (SSSR count). The monoisotopic (exact) mass is 252 g/mol. The lowest BCUT2D eigenvalue weighted by Gasteiger charge is -2.16. The van der Waals surface area contributed by atoms with Crippen LogP contribution in [0.15, 0.2) is 24.3 Å². The van der Waals surface area contributed by atoms with Crippen LogP contribution in [-0.2, 0) is 4.74 Å². The molecule has 0 fully saturated rings. The van der Waals surface area contributed by atoms with E-state index in [4.69, 9.17) is 15.3 Å². The van der Waals surface area contributed by atoms with E-state index in [1.807, 2.05) is 24.3 Å². The summed E-state index contributed by atoms with van der Waals surface area (Å²) in [6, 6.07) is 8.00. The van der Waals surface area contributed by atoms with Gasteiger partial charge in [-0.25, -0.2) is 0 Å². The van der Waals surface area contributed by atoms with Crippen molar-refractivity contribution >= 4 is 0 Å². The maximum atomic E-state index is 5.54. The molecular formula is C14H24N2O2. The van der Waals surface area contributed by atoms with Crippen LogP contribution in [0.4, 0.5) is 0 Å². The van der Waals surface area contributed by atoms with Crippen molar-refractivity contribution in [2.45, 2.75) is 32.7 Å². The number of nitrogens with one attached hydrogen (secondary N) is 1. The molecule has 1 aromatic carbocycles. The molecule has 0 saturated carbocycles. The molecule has 0 radical (unpaired) electrons. The van der Waals surface area contributed by atoms with Crippen LogP contribution in [-0.4, -0.2) is 19.8 Å². The van der Waals surface area contributed by atoms with Crippen molar-refractivity contribution < 1.29 is 9.47 Å². The Bertz CT molecular complexity index is 314. The second-order valence-electron chi connectivity index (χ2n) is 4.21. The Morgan fingerprint density at radius 2 is 1.78 bits per heavy atom. The van der Waals surface area contributed by atoms with E-state index in [1.165, 1.54) is 0 Å². The van der Waals surface area contributed by atoms with Gasteiger partial charge in [-0.05, 0) is 30.5 Å². The zero-order valence-corrected chi connectivity index (χ0v) is 11.3. The number of hydrogen-bond acceptors (Lipinski definition) is 4. The van der Waals surface area contributed by atoms with Gasteiger partial charge in [0.05, 0.1) is 19.3 Å². The molecule has 4 nitrogen and oxygen atoms in total. The van der Waals surface area contributed by atoms with Gasteiger partial charge in [-0.1, -0.05) is 26.0 Å². The van der Waals surface area contributed by atoms with Crippen LogP contribution in [0.1, 0.15) is 38.3 Å². The SMILES string of the molecule is CCCOCC(NN)c1ccc(OCCC)cc1. The van der Waals surface area contributed by atoms with E-state index in [-0.39, 0.29) is 6.04 Å². The summed E-state index contributed by atoms with van der Waals surface area (Å²) >= 11 is 0. The summed E-state index contributed by atoms with van der Waals surface area (Å²) in [5.41, 5.74) is 3.88. The standard InChI is InChI=1S/C14H24N2O2/c1-3-9-17-11-14(16-15)12-5-7-13(8-6-12)18-10-4-2/h5-8,14,16H,3-4,9-11,15H2,1-2H3. The van der Waals surface area contributed by atoms with E-state index in [1.54, 1.807) is 0 Å². The lowest BCUT2D eigenvalue weighted by molar-refractivity contribution is 0.112. The molecule has 1 aromatic rings. The van der Waals surface area contributed by atoms with Gasteiger partial charge in [0.25, 0.3) is 0 Å². The van der Waals surface area contributed by atoms with Crippen molar-refractivity contribution in [3.8, 4) is 5.75 Å². The quantitative estimate of drug-likeness (QED) is 0.402. The molecular weight excluding hydrogens is 228 g/mol. The third-order valence-electron chi connectivity index (χ3n) is 2.59. The molecule has 4 heteroatoms. The number of ether oxygens (including phenoxy) is 2. The maximum Gasteiger partial charge on any atom is 0.119 e. The van der Waals surface area contributed by atoms with E-state index in [0.29, 0.717) is 6.61 Å². The van der Waals surface area contributed by atoms with E-state index < -0.39 is 0 Å². The van der Waals surface area contributed by atoms with Gasteiger partial charge in [0.1, 0.15) is 5.75 Å². The van der Waals surface area contributed by atoms with E-state index >= 15 is 0 Å². The van der Waals surface area contributed by atoms with Crippen molar-refractivity contribution in [2.75, 3.05) is 19.8 Å². The highest BCUT2D eigenvalue weighted by Crippen LogP contribution is 2.18. The van der Waals surface area contributed by atoms with Crippen molar-refractivity contribution in [2.24, 2.45) is 5.84 Å². The van der Waals surface area contributed by atoms with Crippen LogP contribution in [0.5, 0.6) is 5.75 Å². The predicted octanol–water partition coefficient (Wildman–Crippen LogP) is 2.41. The fourth-order valence-electron chi connectivity index (χ4n) is 1.60. The Kier molecular flexibility index (Phi) is 7.41. The van der Waals surface area contributed by atoms with E-state index in [2.05, 4.69) is 19.3 Å². The Hall–Kier alpha value is -1.10. The average Bonchev–Trinajstić information content (AvgIpc) is 2.42. The molecule has 18 heavy (non-hydrogen) atoms. The van der Waals surface area contributed by atoms with Gasteiger partial charge in [0.2, 0.25) is 0 Å². The smallest absolute Gasteiger partial charge is 0.119 e. The summed E-state index contributed by atoms with van der Waals surface area (Å²) in [6.07, 6.45) is 2.03. The molecule has 0 aliphatic heterocycles. The fraction of sp³-hybridized carbons (Fsp3) is 0.571. The lowest BCUT2D eigenvalue weighted by atomic mass is 10.1. The highest BCUT2D eigenvalue weighted by Gasteiger charge is 2.09. The van der Waals surface area contributed by atoms with Gasteiger partial charge in [0.15, 0.2) is 0 Å². The molecule has 0 aliphatic carbocycles. The highest BCUT2D eigenvalue weighted by molar-refractivity contribution is 5.29. The summed E-state index contributed by atoms with van der Waals surface area (Å²) in [7, 11) is 0. The van der Waals surface area contributed by atoms with Gasteiger partial charge < -0.3 is 9.47 Å². The van der Waals surface area contributed by atoms with Crippen molar-refractivity contribution in [1.29, 1.82) is 0 Å². The van der Waals surface area contributed by atoms with Crippen LogP contribution < -0.4 is 16.0 Å². The van der Waals surface area contributed by atoms with E-state index in [0.717, 1.165) is 37.4 Å². The Morgan fingerprint density at radius 3 is 2.33 bits per heavy atom. The summed E-state index contributed by atoms with van der Waals surface area (Å²) in [4.78, 5) is 0. The minimum absolute atomic E-state index is 0.0248. The fourth-order valence-corrected chi connectivity index (χ4v) is 1.60. The molecule has 3 N–H and O–H groups in total. The largest absolute Gasteiger partial charge is 0.494 e. The van der Waals surface area contributed by atoms with Gasteiger partial charge in [-0.15, -0.1) is 0 Å². The van der Waals surface area contributed by atoms with Crippen LogP contribution >= 0.6 is 0 Å². The Labute approximate surface area is 109 Å². The third-order valence-corrected chi connectivity index (χ3v) is 2.59. The molecule has 102 valence electrons. The molecule has 1 atom stereocenters. The van der Waals surface area contributed by atoms with Crippen LogP contribution in [0, 0.1) is 0 Å². The molecule has 0 bridgehead atoms. The first-order valence-corrected chi connectivity index (χ1v) is 6.58. The molecule has 0 amide bonds. The van der Waals surface area contributed by atoms with Crippen LogP contribution in [0.2, 0.25) is 0 Å². The van der Waals surface area contributed by atoms with Gasteiger partial charge in [0, 0.05) is 6.61 Å². The number of hydrazine groups is 1. The van der Waals surface area contributed by atoms with Gasteiger partial charge in [-0.3, -0.25) is 11.3 Å². The highest BCUT2D eigenvalue weighted by atomic mass is 16.5. The molecule has 0 heterocycles. The summed E-state index contributed by atoms with van der Waals surface area (Å²) in [5, 5.41) is 0. The zero-order chi connectivity index (χ0) is 13.2. The Morgan fingerprint density at radius 1 is 1.11 bits per heavy atom. The number of nitrogens with two attached hydrogens (primary N) is 1. The first kappa shape index (κ1) is 15.0. The van der Waals surface area contributed by atoms with Crippen LogP contribution in [0.25, 0.3) is 0 Å². The van der Waals surface area contributed by atoms with Gasteiger partial charge in [-0.2, -0.15) is 0 Å². The molecule has 0 saturated heterocycles. The van der Waals surface area contributed by atoms with E-state index in [9.17, 15) is 0 Å². The molecule has 1 unspecified atom stereocenters. The topological polar surface area (TPSA) is 56.5 Å². The normalized spacial score (nSPS) is 12.4. The second-order valence-corrected chi connectivity index (χ2v) is 4.21. The maximum absolute atomic E-state index is 5.54. The summed E-state index contributed by atoms with van der Waals surface area (Å²) in [5.74, 6) is 6.44. The summed E-state index contributed by atoms with van der Waals surface area (Å²) in [6.45, 7) is 6.27.